The number of alkyl halides is 3. The van der Waals surface area contributed by atoms with E-state index in [1.165, 1.54) is 6.07 Å². The van der Waals surface area contributed by atoms with Crippen LogP contribution in [0, 0.1) is 5.92 Å². The molecule has 1 atom stereocenters. The van der Waals surface area contributed by atoms with Crippen LogP contribution in [0.4, 0.5) is 24.7 Å². The molecule has 8 nitrogen and oxygen atoms in total. The Labute approximate surface area is 169 Å². The van der Waals surface area contributed by atoms with Crippen LogP contribution in [0.3, 0.4) is 0 Å². The lowest BCUT2D eigenvalue weighted by atomic mass is 9.97. The lowest BCUT2D eigenvalue weighted by Crippen LogP contribution is -2.41. The lowest BCUT2D eigenvalue weighted by molar-refractivity contribution is -0.146. The van der Waals surface area contributed by atoms with Crippen LogP contribution in [0.1, 0.15) is 18.7 Å². The molecule has 1 saturated heterocycles. The number of benzene rings is 1. The van der Waals surface area contributed by atoms with Crippen LogP contribution in [0.2, 0.25) is 0 Å². The highest BCUT2D eigenvalue weighted by Crippen LogP contribution is 2.29. The van der Waals surface area contributed by atoms with Gasteiger partial charge in [-0.05, 0) is 49.2 Å². The van der Waals surface area contributed by atoms with Crippen molar-refractivity contribution in [3.8, 4) is 5.75 Å². The van der Waals surface area contributed by atoms with Crippen molar-refractivity contribution >= 4 is 23.1 Å². The molecular formula is C19H19F3N6O2. The molecule has 0 saturated carbocycles. The third kappa shape index (κ3) is 4.00. The van der Waals surface area contributed by atoms with E-state index >= 15 is 0 Å². The van der Waals surface area contributed by atoms with Crippen molar-refractivity contribution in [3.63, 3.8) is 0 Å². The molecule has 1 fully saturated rings. The third-order valence-electron chi connectivity index (χ3n) is 4.98. The van der Waals surface area contributed by atoms with Crippen molar-refractivity contribution in [2.45, 2.75) is 19.0 Å². The van der Waals surface area contributed by atoms with Crippen LogP contribution in [-0.4, -0.2) is 45.9 Å². The Hall–Kier alpha value is -3.37. The first-order chi connectivity index (χ1) is 14.3. The Bertz CT molecular complexity index is 1050. The minimum absolute atomic E-state index is 0.0110. The highest BCUT2D eigenvalue weighted by Gasteiger charge is 2.38. The summed E-state index contributed by atoms with van der Waals surface area (Å²) < 4.78 is 45.1. The van der Waals surface area contributed by atoms with Gasteiger partial charge in [0.05, 0.1) is 13.0 Å². The summed E-state index contributed by atoms with van der Waals surface area (Å²) in [6.45, 7) is 0.943. The highest BCUT2D eigenvalue weighted by atomic mass is 19.4. The van der Waals surface area contributed by atoms with Gasteiger partial charge in [0, 0.05) is 18.8 Å². The van der Waals surface area contributed by atoms with Gasteiger partial charge >= 0.3 is 6.18 Å². The average molecular weight is 420 g/mol. The second-order valence-electron chi connectivity index (χ2n) is 6.99. The Kier molecular flexibility index (Phi) is 5.18. The summed E-state index contributed by atoms with van der Waals surface area (Å²) in [5.41, 5.74) is 0.661. The summed E-state index contributed by atoms with van der Waals surface area (Å²) in [6, 6.07) is 10.0. The van der Waals surface area contributed by atoms with Crippen molar-refractivity contribution in [1.82, 2.24) is 19.8 Å². The maximum Gasteiger partial charge on any atom is 0.453 e. The van der Waals surface area contributed by atoms with E-state index in [0.29, 0.717) is 47.7 Å². The molecule has 0 spiro atoms. The maximum absolute atomic E-state index is 13.1. The summed E-state index contributed by atoms with van der Waals surface area (Å²) in [5, 5.41) is 13.6. The van der Waals surface area contributed by atoms with Crippen LogP contribution < -0.4 is 15.0 Å². The molecule has 3 heterocycles. The van der Waals surface area contributed by atoms with E-state index in [0.717, 1.165) is 0 Å². The fourth-order valence-corrected chi connectivity index (χ4v) is 3.44. The molecule has 1 aromatic carbocycles. The number of hydrogen-bond donors (Lipinski definition) is 1. The number of nitrogens with zero attached hydrogens (tertiary/aromatic N) is 5. The molecule has 1 unspecified atom stereocenters. The first kappa shape index (κ1) is 19.9. The molecule has 0 aliphatic carbocycles. The number of hydrogen-bond acceptors (Lipinski definition) is 6. The van der Waals surface area contributed by atoms with Gasteiger partial charge in [-0.3, -0.25) is 4.79 Å². The molecule has 158 valence electrons. The van der Waals surface area contributed by atoms with Crippen molar-refractivity contribution in [2.24, 2.45) is 5.92 Å². The van der Waals surface area contributed by atoms with Crippen molar-refractivity contribution in [1.29, 1.82) is 0 Å². The van der Waals surface area contributed by atoms with Gasteiger partial charge in [-0.2, -0.15) is 17.7 Å². The van der Waals surface area contributed by atoms with E-state index in [9.17, 15) is 18.0 Å². The number of halogens is 3. The number of amides is 1. The molecule has 0 bridgehead atoms. The SMILES string of the molecule is COc1ccc(NC(=O)C2CCCN(c3ccc4nnc(C(F)(F)F)n4n3)C2)cc1. The predicted octanol–water partition coefficient (Wildman–Crippen LogP) is 3.01. The second kappa shape index (κ2) is 7.81. The number of piperidine rings is 1. The number of rotatable bonds is 4. The Morgan fingerprint density at radius 1 is 1.17 bits per heavy atom. The first-order valence-electron chi connectivity index (χ1n) is 9.34. The van der Waals surface area contributed by atoms with Crippen LogP contribution in [0.5, 0.6) is 5.75 Å². The van der Waals surface area contributed by atoms with E-state index in [1.807, 2.05) is 0 Å². The van der Waals surface area contributed by atoms with Gasteiger partial charge in [0.25, 0.3) is 5.82 Å². The maximum atomic E-state index is 13.1. The number of aromatic nitrogens is 4. The van der Waals surface area contributed by atoms with E-state index in [2.05, 4.69) is 20.6 Å². The minimum atomic E-state index is -4.66. The quantitative estimate of drug-likeness (QED) is 0.699. The first-order valence-corrected chi connectivity index (χ1v) is 9.34. The van der Waals surface area contributed by atoms with E-state index in [-0.39, 0.29) is 17.5 Å². The van der Waals surface area contributed by atoms with Gasteiger partial charge in [0.1, 0.15) is 11.6 Å². The molecule has 4 rings (SSSR count). The Morgan fingerprint density at radius 3 is 2.63 bits per heavy atom. The summed E-state index contributed by atoms with van der Waals surface area (Å²) in [7, 11) is 1.56. The summed E-state index contributed by atoms with van der Waals surface area (Å²) in [5.74, 6) is -0.613. The predicted molar refractivity (Wildman–Crippen MR) is 102 cm³/mol. The van der Waals surface area contributed by atoms with Gasteiger partial charge < -0.3 is 15.0 Å². The number of carbonyl (C=O) groups excluding carboxylic acids is 1. The van der Waals surface area contributed by atoms with Gasteiger partial charge in [-0.1, -0.05) is 0 Å². The molecule has 1 N–H and O–H groups in total. The fourth-order valence-electron chi connectivity index (χ4n) is 3.44. The zero-order chi connectivity index (χ0) is 21.3. The van der Waals surface area contributed by atoms with Crippen molar-refractivity contribution < 1.29 is 22.7 Å². The molecule has 1 amide bonds. The topological polar surface area (TPSA) is 84.6 Å². The van der Waals surface area contributed by atoms with Gasteiger partial charge in [0.15, 0.2) is 5.65 Å². The zero-order valence-electron chi connectivity index (χ0n) is 16.1. The number of nitrogens with one attached hydrogen (secondary N) is 1. The normalized spacial score (nSPS) is 17.2. The number of fused-ring (bicyclic) bond motifs is 1. The number of methoxy groups -OCH3 is 1. The molecule has 1 aliphatic rings. The molecule has 1 aliphatic heterocycles. The monoisotopic (exact) mass is 420 g/mol. The molecule has 2 aromatic heterocycles. The Morgan fingerprint density at radius 2 is 1.93 bits per heavy atom. The van der Waals surface area contributed by atoms with Crippen LogP contribution in [-0.2, 0) is 11.0 Å². The fraction of sp³-hybridized carbons (Fsp3) is 0.368. The van der Waals surface area contributed by atoms with Crippen molar-refractivity contribution in [2.75, 3.05) is 30.4 Å². The zero-order valence-corrected chi connectivity index (χ0v) is 16.1. The van der Waals surface area contributed by atoms with E-state index < -0.39 is 12.0 Å². The molecule has 3 aromatic rings. The number of carbonyl (C=O) groups is 1. The second-order valence-corrected chi connectivity index (χ2v) is 6.99. The Balaban J connectivity index is 1.50. The van der Waals surface area contributed by atoms with Crippen LogP contribution in [0.15, 0.2) is 36.4 Å². The number of ether oxygens (including phenoxy) is 1. The molecular weight excluding hydrogens is 401 g/mol. The summed E-state index contributed by atoms with van der Waals surface area (Å²) in [6.07, 6.45) is -3.26. The number of anilines is 2. The smallest absolute Gasteiger partial charge is 0.453 e. The van der Waals surface area contributed by atoms with E-state index in [1.54, 1.807) is 42.3 Å². The van der Waals surface area contributed by atoms with E-state index in [4.69, 9.17) is 4.74 Å². The molecule has 11 heteroatoms. The lowest BCUT2D eigenvalue weighted by Gasteiger charge is -2.32. The third-order valence-corrected chi connectivity index (χ3v) is 4.98. The molecule has 0 radical (unpaired) electrons. The molecule has 30 heavy (non-hydrogen) atoms. The van der Waals surface area contributed by atoms with Gasteiger partial charge in [-0.25, -0.2) is 0 Å². The van der Waals surface area contributed by atoms with Gasteiger partial charge in [-0.15, -0.1) is 15.3 Å². The minimum Gasteiger partial charge on any atom is -0.497 e. The highest BCUT2D eigenvalue weighted by molar-refractivity contribution is 5.93. The van der Waals surface area contributed by atoms with Gasteiger partial charge in [0.2, 0.25) is 5.91 Å². The standard InChI is InChI=1S/C19H19F3N6O2/c1-30-14-6-4-13(5-7-14)23-17(29)12-3-2-10-27(11-12)16-9-8-15-24-25-18(19(20,21)22)28(15)26-16/h4-9,12H,2-3,10-11H2,1H3,(H,23,29). The largest absolute Gasteiger partial charge is 0.497 e. The summed E-state index contributed by atoms with van der Waals surface area (Å²) in [4.78, 5) is 14.5. The average Bonchev–Trinajstić information content (AvgIpc) is 3.18. The van der Waals surface area contributed by atoms with Crippen LogP contribution >= 0.6 is 0 Å². The summed E-state index contributed by atoms with van der Waals surface area (Å²) >= 11 is 0. The van der Waals surface area contributed by atoms with Crippen LogP contribution in [0.25, 0.3) is 5.65 Å². The van der Waals surface area contributed by atoms with Crippen molar-refractivity contribution in [3.05, 3.63) is 42.2 Å².